The Morgan fingerprint density at radius 3 is 2.58 bits per heavy atom. The van der Waals surface area contributed by atoms with Gasteiger partial charge in [-0.25, -0.2) is 0 Å². The van der Waals surface area contributed by atoms with E-state index < -0.39 is 0 Å². The van der Waals surface area contributed by atoms with Crippen molar-refractivity contribution in [3.8, 4) is 0 Å². The van der Waals surface area contributed by atoms with Gasteiger partial charge in [0.1, 0.15) is 5.84 Å². The number of nitrogens with one attached hydrogen (secondary N) is 1. The summed E-state index contributed by atoms with van der Waals surface area (Å²) >= 11 is 6.11. The SMILES string of the molecule is CN(Cc1ccncc1)c1ccc(C(=N)N)c(Cl)c1. The van der Waals surface area contributed by atoms with Gasteiger partial charge in [-0.1, -0.05) is 11.6 Å². The summed E-state index contributed by atoms with van der Waals surface area (Å²) in [4.78, 5) is 6.07. The maximum absolute atomic E-state index is 7.41. The molecule has 0 unspecified atom stereocenters. The zero-order chi connectivity index (χ0) is 13.8. The number of nitrogens with two attached hydrogens (primary N) is 1. The van der Waals surface area contributed by atoms with Gasteiger partial charge in [-0.15, -0.1) is 0 Å². The predicted molar refractivity (Wildman–Crippen MR) is 78.8 cm³/mol. The van der Waals surface area contributed by atoms with E-state index >= 15 is 0 Å². The number of nitrogens with zero attached hydrogens (tertiary/aromatic N) is 2. The van der Waals surface area contributed by atoms with Gasteiger partial charge < -0.3 is 10.6 Å². The molecule has 98 valence electrons. The van der Waals surface area contributed by atoms with Gasteiger partial charge in [0.05, 0.1) is 5.02 Å². The second-order valence-corrected chi connectivity index (χ2v) is 4.70. The number of aromatic nitrogens is 1. The second-order valence-electron chi connectivity index (χ2n) is 4.29. The molecule has 0 saturated carbocycles. The second kappa shape index (κ2) is 5.71. The van der Waals surface area contributed by atoms with Crippen molar-refractivity contribution in [2.75, 3.05) is 11.9 Å². The Labute approximate surface area is 117 Å². The predicted octanol–water partition coefficient (Wildman–Crippen LogP) is 2.66. The van der Waals surface area contributed by atoms with Crippen molar-refractivity contribution < 1.29 is 0 Å². The average molecular weight is 275 g/mol. The molecular formula is C14H15ClN4. The maximum Gasteiger partial charge on any atom is 0.124 e. The highest BCUT2D eigenvalue weighted by atomic mass is 35.5. The zero-order valence-corrected chi connectivity index (χ0v) is 11.4. The molecule has 3 N–H and O–H groups in total. The minimum atomic E-state index is -0.0201. The topological polar surface area (TPSA) is 66.0 Å². The Hall–Kier alpha value is -2.07. The Balaban J connectivity index is 2.18. The summed E-state index contributed by atoms with van der Waals surface area (Å²) in [6.45, 7) is 0.762. The van der Waals surface area contributed by atoms with Gasteiger partial charge in [0.25, 0.3) is 0 Å². The van der Waals surface area contributed by atoms with Crippen molar-refractivity contribution in [3.05, 3.63) is 58.9 Å². The van der Waals surface area contributed by atoms with Crippen LogP contribution in [0, 0.1) is 5.41 Å². The van der Waals surface area contributed by atoms with E-state index in [4.69, 9.17) is 22.7 Å². The van der Waals surface area contributed by atoms with Crippen molar-refractivity contribution in [2.24, 2.45) is 5.73 Å². The van der Waals surface area contributed by atoms with Gasteiger partial charge in [0.15, 0.2) is 0 Å². The lowest BCUT2D eigenvalue weighted by atomic mass is 10.1. The molecule has 0 spiro atoms. The molecule has 0 aliphatic rings. The molecular weight excluding hydrogens is 260 g/mol. The first-order valence-corrected chi connectivity index (χ1v) is 6.19. The molecule has 0 fully saturated rings. The molecule has 1 aromatic carbocycles. The molecule has 0 aliphatic heterocycles. The monoisotopic (exact) mass is 274 g/mol. The molecule has 4 nitrogen and oxygen atoms in total. The number of rotatable bonds is 4. The Bertz CT molecular complexity index is 583. The van der Waals surface area contributed by atoms with E-state index in [0.29, 0.717) is 10.6 Å². The number of anilines is 1. The van der Waals surface area contributed by atoms with Gasteiger partial charge in [-0.2, -0.15) is 0 Å². The van der Waals surface area contributed by atoms with Crippen LogP contribution in [-0.2, 0) is 6.54 Å². The van der Waals surface area contributed by atoms with Crippen LogP contribution in [0.25, 0.3) is 0 Å². The van der Waals surface area contributed by atoms with Crippen LogP contribution >= 0.6 is 11.6 Å². The summed E-state index contributed by atoms with van der Waals surface area (Å²) in [5.41, 5.74) is 8.15. The largest absolute Gasteiger partial charge is 0.384 e. The molecule has 0 saturated heterocycles. The van der Waals surface area contributed by atoms with Gasteiger partial charge >= 0.3 is 0 Å². The van der Waals surface area contributed by atoms with Crippen LogP contribution in [0.5, 0.6) is 0 Å². The number of pyridine rings is 1. The Kier molecular flexibility index (Phi) is 4.02. The van der Waals surface area contributed by atoms with Crippen LogP contribution in [0.4, 0.5) is 5.69 Å². The molecule has 1 aromatic heterocycles. The quantitative estimate of drug-likeness (QED) is 0.665. The first kappa shape index (κ1) is 13.4. The van der Waals surface area contributed by atoms with E-state index in [1.165, 1.54) is 5.56 Å². The minimum Gasteiger partial charge on any atom is -0.384 e. The molecule has 0 atom stereocenters. The molecule has 2 aromatic rings. The summed E-state index contributed by atoms with van der Waals surface area (Å²) in [5.74, 6) is -0.0201. The number of benzene rings is 1. The number of hydrogen-bond donors (Lipinski definition) is 2. The van der Waals surface area contributed by atoms with Crippen molar-refractivity contribution in [1.82, 2.24) is 4.98 Å². The van der Waals surface area contributed by atoms with Crippen LogP contribution in [0.1, 0.15) is 11.1 Å². The fourth-order valence-electron chi connectivity index (χ4n) is 1.81. The van der Waals surface area contributed by atoms with Crippen LogP contribution < -0.4 is 10.6 Å². The number of amidine groups is 1. The van der Waals surface area contributed by atoms with Gasteiger partial charge in [0.2, 0.25) is 0 Å². The van der Waals surface area contributed by atoms with E-state index in [1.807, 2.05) is 31.3 Å². The molecule has 0 bridgehead atoms. The van der Waals surface area contributed by atoms with Crippen LogP contribution in [0.3, 0.4) is 0 Å². The van der Waals surface area contributed by atoms with E-state index in [2.05, 4.69) is 9.88 Å². The summed E-state index contributed by atoms with van der Waals surface area (Å²) in [5, 5.41) is 7.90. The summed E-state index contributed by atoms with van der Waals surface area (Å²) in [6, 6.07) is 9.44. The van der Waals surface area contributed by atoms with Gasteiger partial charge in [-0.3, -0.25) is 10.4 Å². The highest BCUT2D eigenvalue weighted by molar-refractivity contribution is 6.34. The van der Waals surface area contributed by atoms with Crippen molar-refractivity contribution in [3.63, 3.8) is 0 Å². The zero-order valence-electron chi connectivity index (χ0n) is 10.6. The summed E-state index contributed by atoms with van der Waals surface area (Å²) in [7, 11) is 1.99. The molecule has 19 heavy (non-hydrogen) atoms. The van der Waals surface area contributed by atoms with E-state index in [1.54, 1.807) is 18.5 Å². The highest BCUT2D eigenvalue weighted by Crippen LogP contribution is 2.23. The van der Waals surface area contributed by atoms with Crippen molar-refractivity contribution in [1.29, 1.82) is 5.41 Å². The van der Waals surface area contributed by atoms with Crippen molar-refractivity contribution in [2.45, 2.75) is 6.54 Å². The third-order valence-electron chi connectivity index (χ3n) is 2.85. The first-order chi connectivity index (χ1) is 9.08. The molecule has 0 amide bonds. The molecule has 1 heterocycles. The van der Waals surface area contributed by atoms with E-state index in [9.17, 15) is 0 Å². The summed E-state index contributed by atoms with van der Waals surface area (Å²) in [6.07, 6.45) is 3.55. The maximum atomic E-state index is 7.41. The lowest BCUT2D eigenvalue weighted by Gasteiger charge is -2.20. The lowest BCUT2D eigenvalue weighted by molar-refractivity contribution is 0.919. The number of nitrogen functional groups attached to an aromatic ring is 1. The fraction of sp³-hybridized carbons (Fsp3) is 0.143. The van der Waals surface area contributed by atoms with Crippen LogP contribution in [-0.4, -0.2) is 17.9 Å². The third-order valence-corrected chi connectivity index (χ3v) is 3.17. The Morgan fingerprint density at radius 1 is 1.32 bits per heavy atom. The van der Waals surface area contributed by atoms with Crippen LogP contribution in [0.2, 0.25) is 5.02 Å². The standard InChI is InChI=1S/C14H15ClN4/c1-19(9-10-4-6-18-7-5-10)11-2-3-12(14(16)17)13(15)8-11/h2-8H,9H2,1H3,(H3,16,17). The summed E-state index contributed by atoms with van der Waals surface area (Å²) < 4.78 is 0. The van der Waals surface area contributed by atoms with E-state index in [0.717, 1.165) is 12.2 Å². The third kappa shape index (κ3) is 3.23. The van der Waals surface area contributed by atoms with Gasteiger partial charge in [0, 0.05) is 37.2 Å². The number of hydrogen-bond acceptors (Lipinski definition) is 3. The highest BCUT2D eigenvalue weighted by Gasteiger charge is 2.07. The average Bonchev–Trinajstić information content (AvgIpc) is 2.39. The number of halogens is 1. The van der Waals surface area contributed by atoms with Gasteiger partial charge in [-0.05, 0) is 35.9 Å². The minimum absolute atomic E-state index is 0.0201. The van der Waals surface area contributed by atoms with Crippen LogP contribution in [0.15, 0.2) is 42.7 Å². The lowest BCUT2D eigenvalue weighted by Crippen LogP contribution is -2.17. The van der Waals surface area contributed by atoms with E-state index in [-0.39, 0.29) is 5.84 Å². The fourth-order valence-corrected chi connectivity index (χ4v) is 2.09. The molecule has 2 rings (SSSR count). The van der Waals surface area contributed by atoms with Crippen molar-refractivity contribution >= 4 is 23.1 Å². The smallest absolute Gasteiger partial charge is 0.124 e. The molecule has 5 heteroatoms. The molecule has 0 radical (unpaired) electrons. The molecule has 0 aliphatic carbocycles. The Morgan fingerprint density at radius 2 is 2.00 bits per heavy atom. The normalized spacial score (nSPS) is 10.2. The first-order valence-electron chi connectivity index (χ1n) is 5.82.